The number of amides is 1. The maximum atomic E-state index is 12.4. The molecule has 35 heavy (non-hydrogen) atoms. The molecule has 0 bridgehead atoms. The Morgan fingerprint density at radius 1 is 0.886 bits per heavy atom. The van der Waals surface area contributed by atoms with E-state index in [0.29, 0.717) is 12.8 Å². The number of unbranched alkanes of at least 4 members (excludes halogenated alkanes) is 11. The predicted molar refractivity (Wildman–Crippen MR) is 143 cm³/mol. The number of benzene rings is 1. The number of hydrogen-bond acceptors (Lipinski definition) is 6. The summed E-state index contributed by atoms with van der Waals surface area (Å²) < 4.78 is 4.73. The number of aromatic hydroxyl groups is 1. The third-order valence-corrected chi connectivity index (χ3v) is 6.39. The Morgan fingerprint density at radius 2 is 1.43 bits per heavy atom. The monoisotopic (exact) mass is 512 g/mol. The summed E-state index contributed by atoms with van der Waals surface area (Å²) in [6, 6.07) is 6.00. The van der Waals surface area contributed by atoms with Gasteiger partial charge in [-0.15, -0.1) is 0 Å². The van der Waals surface area contributed by atoms with Gasteiger partial charge in [0.05, 0.1) is 6.04 Å². The van der Waals surface area contributed by atoms with Gasteiger partial charge < -0.3 is 10.4 Å². The SMILES string of the molecule is CCCCCCCC/C=C\CCCCCCCC(=O)N[C@H](CO[P+](O)(O)O)Cc1ccc(O)cc1. The van der Waals surface area contributed by atoms with E-state index in [4.69, 9.17) is 19.2 Å². The molecule has 1 rings (SSSR count). The molecular formula is C27H47NO6P+. The molecule has 0 radical (unpaired) electrons. The zero-order valence-electron chi connectivity index (χ0n) is 21.4. The van der Waals surface area contributed by atoms with Crippen LogP contribution in [0, 0.1) is 0 Å². The Balaban J connectivity index is 2.15. The summed E-state index contributed by atoms with van der Waals surface area (Å²) in [5.74, 6) is 0.00792. The van der Waals surface area contributed by atoms with Crippen LogP contribution in [0.4, 0.5) is 0 Å². The fraction of sp³-hybridized carbons (Fsp3) is 0.667. The molecule has 0 aromatic heterocycles. The van der Waals surface area contributed by atoms with E-state index >= 15 is 0 Å². The van der Waals surface area contributed by atoms with Crippen molar-refractivity contribution in [1.82, 2.24) is 5.32 Å². The minimum Gasteiger partial charge on any atom is -0.508 e. The highest BCUT2D eigenvalue weighted by atomic mass is 31.2. The molecule has 8 heteroatoms. The molecule has 1 aromatic carbocycles. The molecule has 1 amide bonds. The van der Waals surface area contributed by atoms with Gasteiger partial charge in [0.1, 0.15) is 12.4 Å². The second-order valence-electron chi connectivity index (χ2n) is 9.28. The highest BCUT2D eigenvalue weighted by Gasteiger charge is 2.34. The molecule has 0 spiro atoms. The molecule has 0 aliphatic heterocycles. The standard InChI is InChI=1S/C27H46NO6P/c1-2-3-4-5-6-7-8-9-10-11-12-13-14-15-16-17-27(30)28-25(23-34-35(31,32)33)22-24-18-20-26(29)21-19-24/h9-10,18-21,25,31-33H,2-8,11-17,22-23H2,1H3,(H-,28,29,30)/p+1/b10-9-/t25-/m0/s1. The van der Waals surface area contributed by atoms with Crippen molar-refractivity contribution >= 4 is 14.1 Å². The van der Waals surface area contributed by atoms with E-state index in [-0.39, 0.29) is 18.3 Å². The topological polar surface area (TPSA) is 119 Å². The number of rotatable bonds is 21. The lowest BCUT2D eigenvalue weighted by Crippen LogP contribution is -2.39. The Labute approximate surface area is 212 Å². The van der Waals surface area contributed by atoms with Crippen molar-refractivity contribution in [3.05, 3.63) is 42.0 Å². The van der Waals surface area contributed by atoms with Crippen molar-refractivity contribution in [2.24, 2.45) is 0 Å². The summed E-state index contributed by atoms with van der Waals surface area (Å²) in [5.41, 5.74) is 0.843. The van der Waals surface area contributed by atoms with E-state index < -0.39 is 14.2 Å². The van der Waals surface area contributed by atoms with Gasteiger partial charge >= 0.3 is 8.17 Å². The fourth-order valence-electron chi connectivity index (χ4n) is 3.91. The predicted octanol–water partition coefficient (Wildman–Crippen LogP) is 6.13. The molecule has 0 unspecified atom stereocenters. The number of carbonyl (C=O) groups is 1. The van der Waals surface area contributed by atoms with Crippen molar-refractivity contribution in [1.29, 1.82) is 0 Å². The lowest BCUT2D eigenvalue weighted by atomic mass is 10.1. The zero-order chi connectivity index (χ0) is 25.8. The first-order chi connectivity index (χ1) is 16.8. The van der Waals surface area contributed by atoms with Gasteiger partial charge in [0.25, 0.3) is 0 Å². The number of hydrogen-bond donors (Lipinski definition) is 5. The maximum absolute atomic E-state index is 12.4. The maximum Gasteiger partial charge on any atom is 0.567 e. The first kappa shape index (κ1) is 31.5. The van der Waals surface area contributed by atoms with Crippen molar-refractivity contribution in [2.75, 3.05) is 6.61 Å². The van der Waals surface area contributed by atoms with Crippen LogP contribution >= 0.6 is 8.17 Å². The molecule has 5 N–H and O–H groups in total. The van der Waals surface area contributed by atoms with Crippen LogP contribution in [-0.2, 0) is 15.7 Å². The van der Waals surface area contributed by atoms with E-state index in [1.165, 1.54) is 51.4 Å². The molecular weight excluding hydrogens is 465 g/mol. The average molecular weight is 513 g/mol. The van der Waals surface area contributed by atoms with E-state index in [0.717, 1.165) is 37.7 Å². The van der Waals surface area contributed by atoms with E-state index in [1.54, 1.807) is 24.3 Å². The first-order valence-electron chi connectivity index (χ1n) is 13.2. The van der Waals surface area contributed by atoms with Gasteiger partial charge in [0.15, 0.2) is 0 Å². The van der Waals surface area contributed by atoms with E-state index in [2.05, 4.69) is 24.4 Å². The second kappa shape index (κ2) is 19.7. The van der Waals surface area contributed by atoms with Crippen LogP contribution in [0.3, 0.4) is 0 Å². The lowest BCUT2D eigenvalue weighted by molar-refractivity contribution is -0.122. The van der Waals surface area contributed by atoms with Crippen LogP contribution in [0.15, 0.2) is 36.4 Å². The summed E-state index contributed by atoms with van der Waals surface area (Å²) in [5, 5.41) is 12.3. The summed E-state index contributed by atoms with van der Waals surface area (Å²) >= 11 is 0. The van der Waals surface area contributed by atoms with Gasteiger partial charge in [0, 0.05) is 6.42 Å². The van der Waals surface area contributed by atoms with Crippen LogP contribution in [0.2, 0.25) is 0 Å². The van der Waals surface area contributed by atoms with Crippen molar-refractivity contribution in [3.63, 3.8) is 0 Å². The Hall–Kier alpha value is -1.50. The third-order valence-electron chi connectivity index (χ3n) is 5.90. The second-order valence-corrected chi connectivity index (χ2v) is 10.6. The first-order valence-corrected chi connectivity index (χ1v) is 14.8. The van der Waals surface area contributed by atoms with Crippen molar-refractivity contribution in [2.45, 2.75) is 109 Å². The molecule has 7 nitrogen and oxygen atoms in total. The van der Waals surface area contributed by atoms with Gasteiger partial charge in [0.2, 0.25) is 5.91 Å². The Kier molecular flexibility index (Phi) is 17.7. The van der Waals surface area contributed by atoms with Gasteiger partial charge in [-0.25, -0.2) is 0 Å². The highest BCUT2D eigenvalue weighted by Crippen LogP contribution is 2.45. The molecule has 0 heterocycles. The number of carbonyl (C=O) groups excluding carboxylic acids is 1. The van der Waals surface area contributed by atoms with Gasteiger partial charge in [-0.3, -0.25) is 4.79 Å². The molecule has 1 aromatic rings. The minimum absolute atomic E-state index is 0.132. The van der Waals surface area contributed by atoms with Gasteiger partial charge in [-0.05, 0) is 56.2 Å². The summed E-state index contributed by atoms with van der Waals surface area (Å²) in [7, 11) is -4.38. The number of phenolic OH excluding ortho intramolecular Hbond substituents is 1. The molecule has 1 atom stereocenters. The molecule has 0 saturated carbocycles. The third kappa shape index (κ3) is 19.4. The molecule has 200 valence electrons. The van der Waals surface area contributed by atoms with Crippen molar-refractivity contribution < 1.29 is 29.1 Å². The van der Waals surface area contributed by atoms with Crippen LogP contribution in [0.25, 0.3) is 0 Å². The smallest absolute Gasteiger partial charge is 0.508 e. The zero-order valence-corrected chi connectivity index (χ0v) is 22.3. The quantitative estimate of drug-likeness (QED) is 0.0768. The van der Waals surface area contributed by atoms with E-state index in [1.807, 2.05) is 0 Å². The van der Waals surface area contributed by atoms with Crippen LogP contribution < -0.4 is 5.32 Å². The largest absolute Gasteiger partial charge is 0.567 e. The highest BCUT2D eigenvalue weighted by molar-refractivity contribution is 7.53. The average Bonchev–Trinajstić information content (AvgIpc) is 2.81. The van der Waals surface area contributed by atoms with Crippen molar-refractivity contribution in [3.8, 4) is 5.75 Å². The fourth-order valence-corrected chi connectivity index (χ4v) is 4.29. The minimum atomic E-state index is -4.38. The van der Waals surface area contributed by atoms with E-state index in [9.17, 15) is 9.90 Å². The molecule has 0 aliphatic carbocycles. The lowest BCUT2D eigenvalue weighted by Gasteiger charge is -2.18. The van der Waals surface area contributed by atoms with Crippen LogP contribution in [-0.4, -0.2) is 38.3 Å². The normalized spacial score (nSPS) is 12.8. The molecule has 0 fully saturated rings. The summed E-state index contributed by atoms with van der Waals surface area (Å²) in [6.45, 7) is 2.02. The number of nitrogens with one attached hydrogen (secondary N) is 1. The number of allylic oxidation sites excluding steroid dienone is 2. The Bertz CT molecular complexity index is 690. The van der Waals surface area contributed by atoms with Crippen LogP contribution in [0.5, 0.6) is 5.75 Å². The summed E-state index contributed by atoms with van der Waals surface area (Å²) in [4.78, 5) is 39.7. The van der Waals surface area contributed by atoms with Gasteiger partial charge in [-0.1, -0.05) is 82.6 Å². The number of phenols is 1. The molecule has 0 saturated heterocycles. The summed E-state index contributed by atoms with van der Waals surface area (Å²) in [6.07, 6.45) is 21.0. The Morgan fingerprint density at radius 3 is 2.00 bits per heavy atom. The molecule has 0 aliphatic rings. The van der Waals surface area contributed by atoms with Gasteiger partial charge in [-0.2, -0.15) is 19.2 Å². The van der Waals surface area contributed by atoms with Crippen LogP contribution in [0.1, 0.15) is 102 Å².